The summed E-state index contributed by atoms with van der Waals surface area (Å²) in [4.78, 5) is 11.8. The summed E-state index contributed by atoms with van der Waals surface area (Å²) in [6.45, 7) is 4.98. The average Bonchev–Trinajstić information content (AvgIpc) is 3.01. The molecule has 7 nitrogen and oxygen atoms in total. The van der Waals surface area contributed by atoms with E-state index in [1.165, 1.54) is 7.11 Å². The van der Waals surface area contributed by atoms with Crippen LogP contribution in [0.4, 0.5) is 0 Å². The van der Waals surface area contributed by atoms with E-state index in [4.69, 9.17) is 4.74 Å². The second kappa shape index (κ2) is 5.85. The van der Waals surface area contributed by atoms with Crippen LogP contribution in [0.15, 0.2) is 12.4 Å². The van der Waals surface area contributed by atoms with Crippen LogP contribution in [0.1, 0.15) is 30.8 Å². The van der Waals surface area contributed by atoms with Gasteiger partial charge in [0.1, 0.15) is 5.69 Å². The van der Waals surface area contributed by atoms with Gasteiger partial charge >= 0.3 is 5.97 Å². The zero-order valence-corrected chi connectivity index (χ0v) is 12.2. The van der Waals surface area contributed by atoms with E-state index in [1.54, 1.807) is 15.6 Å². The first-order chi connectivity index (χ1) is 9.52. The number of aromatic nitrogens is 5. The van der Waals surface area contributed by atoms with E-state index >= 15 is 0 Å². The first-order valence-electron chi connectivity index (χ1n) is 6.53. The van der Waals surface area contributed by atoms with Crippen molar-refractivity contribution in [3.8, 4) is 11.3 Å². The fourth-order valence-electron chi connectivity index (χ4n) is 1.91. The van der Waals surface area contributed by atoms with Gasteiger partial charge in [-0.3, -0.25) is 4.68 Å². The van der Waals surface area contributed by atoms with Crippen molar-refractivity contribution >= 4 is 5.97 Å². The molecule has 20 heavy (non-hydrogen) atoms. The summed E-state index contributed by atoms with van der Waals surface area (Å²) in [7, 11) is 3.16. The van der Waals surface area contributed by atoms with E-state index in [9.17, 15) is 4.79 Å². The van der Waals surface area contributed by atoms with Gasteiger partial charge in [-0.05, 0) is 12.3 Å². The molecule has 0 saturated carbocycles. The van der Waals surface area contributed by atoms with Crippen LogP contribution in [0.5, 0.6) is 0 Å². The number of rotatable bonds is 5. The molecule has 0 atom stereocenters. The maximum absolute atomic E-state index is 11.8. The van der Waals surface area contributed by atoms with Crippen LogP contribution in [0.2, 0.25) is 0 Å². The van der Waals surface area contributed by atoms with Crippen molar-refractivity contribution in [3.63, 3.8) is 0 Å². The highest BCUT2D eigenvalue weighted by Gasteiger charge is 2.22. The smallest absolute Gasteiger partial charge is 0.360 e. The molecule has 0 saturated heterocycles. The summed E-state index contributed by atoms with van der Waals surface area (Å²) in [5.74, 6) is 0.0576. The Hall–Kier alpha value is -2.18. The number of hydrogen-bond acceptors (Lipinski definition) is 5. The van der Waals surface area contributed by atoms with Gasteiger partial charge in [0.15, 0.2) is 5.69 Å². The molecule has 7 heteroatoms. The number of esters is 1. The Morgan fingerprint density at radius 2 is 2.20 bits per heavy atom. The molecule has 2 aromatic rings. The first kappa shape index (κ1) is 14.2. The molecule has 108 valence electrons. The Labute approximate surface area is 117 Å². The number of hydrogen-bond donors (Lipinski definition) is 0. The van der Waals surface area contributed by atoms with Crippen molar-refractivity contribution in [1.82, 2.24) is 24.8 Å². The normalized spacial score (nSPS) is 11.1. The van der Waals surface area contributed by atoms with Gasteiger partial charge < -0.3 is 4.74 Å². The zero-order chi connectivity index (χ0) is 14.7. The molecule has 0 aliphatic heterocycles. The Kier molecular flexibility index (Phi) is 4.16. The Morgan fingerprint density at radius 3 is 2.75 bits per heavy atom. The van der Waals surface area contributed by atoms with E-state index in [0.29, 0.717) is 18.2 Å². The van der Waals surface area contributed by atoms with Gasteiger partial charge in [0.2, 0.25) is 0 Å². The van der Waals surface area contributed by atoms with Crippen LogP contribution in [0, 0.1) is 5.92 Å². The number of carbonyl (C=O) groups is 1. The molecule has 0 aromatic carbocycles. The summed E-state index contributed by atoms with van der Waals surface area (Å²) in [5, 5.41) is 12.2. The Balaban J connectivity index is 2.42. The van der Waals surface area contributed by atoms with Gasteiger partial charge in [0.05, 0.1) is 13.3 Å². The molecule has 2 heterocycles. The molecule has 0 fully saturated rings. The lowest BCUT2D eigenvalue weighted by atomic mass is 10.1. The number of aryl methyl sites for hydroxylation is 2. The summed E-state index contributed by atoms with van der Waals surface area (Å²) in [6, 6.07) is 0. The predicted octanol–water partition coefficient (Wildman–Crippen LogP) is 1.51. The van der Waals surface area contributed by atoms with Crippen molar-refractivity contribution in [2.45, 2.75) is 26.8 Å². The van der Waals surface area contributed by atoms with Crippen LogP contribution in [0.3, 0.4) is 0 Å². The van der Waals surface area contributed by atoms with Crippen LogP contribution < -0.4 is 0 Å². The second-order valence-corrected chi connectivity index (χ2v) is 5.09. The van der Waals surface area contributed by atoms with Gasteiger partial charge in [-0.2, -0.15) is 5.10 Å². The molecule has 2 rings (SSSR count). The quantitative estimate of drug-likeness (QED) is 0.774. The number of ether oxygens (including phenoxy) is 1. The van der Waals surface area contributed by atoms with Gasteiger partial charge in [0.25, 0.3) is 0 Å². The van der Waals surface area contributed by atoms with Gasteiger partial charge in [-0.25, -0.2) is 9.48 Å². The highest BCUT2D eigenvalue weighted by atomic mass is 16.5. The summed E-state index contributed by atoms with van der Waals surface area (Å²) < 4.78 is 8.18. The predicted molar refractivity (Wildman–Crippen MR) is 73.0 cm³/mol. The van der Waals surface area contributed by atoms with Gasteiger partial charge in [0, 0.05) is 25.4 Å². The number of nitrogens with zero attached hydrogens (tertiary/aromatic N) is 5. The lowest BCUT2D eigenvalue weighted by Crippen LogP contribution is -2.07. The van der Waals surface area contributed by atoms with Crippen molar-refractivity contribution in [1.29, 1.82) is 0 Å². The van der Waals surface area contributed by atoms with Crippen molar-refractivity contribution in [2.75, 3.05) is 7.11 Å². The monoisotopic (exact) mass is 277 g/mol. The molecule has 2 aromatic heterocycles. The highest BCUT2D eigenvalue weighted by molar-refractivity contribution is 5.93. The van der Waals surface area contributed by atoms with Crippen molar-refractivity contribution in [2.24, 2.45) is 13.0 Å². The highest BCUT2D eigenvalue weighted by Crippen LogP contribution is 2.23. The summed E-state index contributed by atoms with van der Waals surface area (Å²) >= 11 is 0. The molecule has 0 amide bonds. The van der Waals surface area contributed by atoms with E-state index in [2.05, 4.69) is 29.3 Å². The minimum Gasteiger partial charge on any atom is -0.464 e. The molecule has 0 unspecified atom stereocenters. The number of methoxy groups -OCH3 is 1. The summed E-state index contributed by atoms with van der Waals surface area (Å²) in [6.07, 6.45) is 4.48. The van der Waals surface area contributed by atoms with E-state index in [1.807, 2.05) is 13.2 Å². The zero-order valence-electron chi connectivity index (χ0n) is 12.2. The fraction of sp³-hybridized carbons (Fsp3) is 0.538. The molecular weight excluding hydrogens is 258 g/mol. The van der Waals surface area contributed by atoms with E-state index < -0.39 is 5.97 Å². The molecule has 0 radical (unpaired) electrons. The van der Waals surface area contributed by atoms with Crippen LogP contribution in [0.25, 0.3) is 11.3 Å². The molecule has 0 aliphatic carbocycles. The third-order valence-electron chi connectivity index (χ3n) is 3.01. The average molecular weight is 277 g/mol. The van der Waals surface area contributed by atoms with Crippen molar-refractivity contribution in [3.05, 3.63) is 18.1 Å². The summed E-state index contributed by atoms with van der Waals surface area (Å²) in [5.41, 5.74) is 1.69. The lowest BCUT2D eigenvalue weighted by molar-refractivity contribution is 0.0595. The van der Waals surface area contributed by atoms with Gasteiger partial charge in [-0.15, -0.1) is 5.10 Å². The van der Waals surface area contributed by atoms with E-state index in [0.717, 1.165) is 12.0 Å². The molecule has 0 N–H and O–H groups in total. The molecule has 0 aliphatic rings. The van der Waals surface area contributed by atoms with Crippen LogP contribution >= 0.6 is 0 Å². The third-order valence-corrected chi connectivity index (χ3v) is 3.01. The first-order valence-corrected chi connectivity index (χ1v) is 6.53. The molecular formula is C13H19N5O2. The topological polar surface area (TPSA) is 74.8 Å². The van der Waals surface area contributed by atoms with Crippen LogP contribution in [-0.2, 0) is 18.3 Å². The second-order valence-electron chi connectivity index (χ2n) is 5.09. The van der Waals surface area contributed by atoms with Crippen molar-refractivity contribution < 1.29 is 9.53 Å². The van der Waals surface area contributed by atoms with E-state index in [-0.39, 0.29) is 5.69 Å². The van der Waals surface area contributed by atoms with Crippen LogP contribution in [-0.4, -0.2) is 37.9 Å². The minimum atomic E-state index is -0.486. The maximum Gasteiger partial charge on any atom is 0.360 e. The Bertz CT molecular complexity index is 600. The molecule has 0 bridgehead atoms. The molecule has 0 spiro atoms. The van der Waals surface area contributed by atoms with Gasteiger partial charge in [-0.1, -0.05) is 19.1 Å². The lowest BCUT2D eigenvalue weighted by Gasteiger charge is -2.07. The fourth-order valence-corrected chi connectivity index (χ4v) is 1.91. The minimum absolute atomic E-state index is 0.226. The number of carbonyl (C=O) groups excluding carboxylic acids is 1. The third kappa shape index (κ3) is 2.87. The standard InChI is InChI=1S/C13H19N5O2/c1-9(2)5-6-18-12(10-7-14-17(3)8-10)11(15-16-18)13(19)20-4/h7-9H,5-6H2,1-4H3. The maximum atomic E-state index is 11.8. The Morgan fingerprint density at radius 1 is 1.45 bits per heavy atom. The SMILES string of the molecule is COC(=O)c1nnn(CCC(C)C)c1-c1cnn(C)c1. The largest absolute Gasteiger partial charge is 0.464 e.